The summed E-state index contributed by atoms with van der Waals surface area (Å²) in [4.78, 5) is 12.8. The molecule has 0 saturated heterocycles. The molecule has 1 rings (SSSR count). The Morgan fingerprint density at radius 2 is 1.59 bits per heavy atom. The van der Waals surface area contributed by atoms with Crippen molar-refractivity contribution in [2.45, 2.75) is 93.7 Å². The molecule has 2 nitrogen and oxygen atoms in total. The standard InChI is InChI=1S/C20H39NO/c1-13(2)21-17(18(22)19(5,6)7)12-16-10-14(3)20(8,9)15(4)11-16/h13-17,21H,10-12H2,1-9H3. The van der Waals surface area contributed by atoms with E-state index < -0.39 is 0 Å². The average molecular weight is 310 g/mol. The largest absolute Gasteiger partial charge is 0.305 e. The number of ketones is 1. The fourth-order valence-electron chi connectivity index (χ4n) is 3.89. The zero-order valence-corrected chi connectivity index (χ0v) is 16.4. The lowest BCUT2D eigenvalue weighted by atomic mass is 9.59. The summed E-state index contributed by atoms with van der Waals surface area (Å²) in [5.74, 6) is 2.49. The van der Waals surface area contributed by atoms with Gasteiger partial charge < -0.3 is 5.32 Å². The zero-order chi connectivity index (χ0) is 17.3. The summed E-state index contributed by atoms with van der Waals surface area (Å²) < 4.78 is 0. The number of carbonyl (C=O) groups excluding carboxylic acids is 1. The Labute approximate surface area is 138 Å². The monoisotopic (exact) mass is 309 g/mol. The second kappa shape index (κ2) is 7.03. The molecule has 1 fully saturated rings. The molecule has 3 atom stereocenters. The highest BCUT2D eigenvalue weighted by molar-refractivity contribution is 5.88. The Morgan fingerprint density at radius 1 is 1.14 bits per heavy atom. The number of hydrogen-bond donors (Lipinski definition) is 1. The molecule has 1 aliphatic carbocycles. The van der Waals surface area contributed by atoms with Gasteiger partial charge in [-0.2, -0.15) is 0 Å². The van der Waals surface area contributed by atoms with Crippen molar-refractivity contribution in [1.29, 1.82) is 0 Å². The van der Waals surface area contributed by atoms with Gasteiger partial charge in [-0.1, -0.05) is 62.3 Å². The van der Waals surface area contributed by atoms with E-state index >= 15 is 0 Å². The van der Waals surface area contributed by atoms with E-state index in [1.807, 2.05) is 20.8 Å². The molecule has 0 aromatic carbocycles. The van der Waals surface area contributed by atoms with Crippen molar-refractivity contribution in [3.8, 4) is 0 Å². The molecule has 0 radical (unpaired) electrons. The smallest absolute Gasteiger partial charge is 0.155 e. The van der Waals surface area contributed by atoms with Crippen molar-refractivity contribution >= 4 is 5.78 Å². The fraction of sp³-hybridized carbons (Fsp3) is 0.950. The summed E-state index contributed by atoms with van der Waals surface area (Å²) in [6.45, 7) is 20.0. The van der Waals surface area contributed by atoms with Crippen LogP contribution in [0.4, 0.5) is 0 Å². The molecule has 1 aliphatic rings. The Hall–Kier alpha value is -0.370. The summed E-state index contributed by atoms with van der Waals surface area (Å²) in [5, 5.41) is 3.53. The van der Waals surface area contributed by atoms with Crippen LogP contribution in [0.2, 0.25) is 0 Å². The number of hydrogen-bond acceptors (Lipinski definition) is 2. The lowest BCUT2D eigenvalue weighted by Gasteiger charge is -2.46. The van der Waals surface area contributed by atoms with Gasteiger partial charge in [-0.05, 0) is 42.4 Å². The predicted molar refractivity (Wildman–Crippen MR) is 96.0 cm³/mol. The van der Waals surface area contributed by atoms with Crippen LogP contribution in [-0.2, 0) is 4.79 Å². The third-order valence-corrected chi connectivity index (χ3v) is 6.07. The third kappa shape index (κ3) is 4.81. The van der Waals surface area contributed by atoms with Gasteiger partial charge in [0.2, 0.25) is 0 Å². The maximum atomic E-state index is 12.8. The summed E-state index contributed by atoms with van der Waals surface area (Å²) >= 11 is 0. The van der Waals surface area contributed by atoms with Crippen LogP contribution in [0.1, 0.15) is 81.6 Å². The lowest BCUT2D eigenvalue weighted by Crippen LogP contribution is -2.48. The first-order valence-corrected chi connectivity index (χ1v) is 9.16. The van der Waals surface area contributed by atoms with E-state index in [9.17, 15) is 4.79 Å². The van der Waals surface area contributed by atoms with Crippen LogP contribution >= 0.6 is 0 Å². The molecule has 0 heterocycles. The minimum absolute atomic E-state index is 0.00520. The molecule has 0 aromatic rings. The van der Waals surface area contributed by atoms with Crippen LogP contribution in [0, 0.1) is 28.6 Å². The van der Waals surface area contributed by atoms with E-state index in [0.717, 1.165) is 18.3 Å². The average Bonchev–Trinajstić information content (AvgIpc) is 2.33. The van der Waals surface area contributed by atoms with Crippen molar-refractivity contribution < 1.29 is 4.79 Å². The molecule has 0 amide bonds. The first-order chi connectivity index (χ1) is 9.85. The van der Waals surface area contributed by atoms with Gasteiger partial charge in [0.25, 0.3) is 0 Å². The molecule has 0 spiro atoms. The normalized spacial score (nSPS) is 30.4. The van der Waals surface area contributed by atoms with Crippen molar-refractivity contribution in [3.05, 3.63) is 0 Å². The highest BCUT2D eigenvalue weighted by atomic mass is 16.1. The van der Waals surface area contributed by atoms with Gasteiger partial charge in [0.1, 0.15) is 0 Å². The van der Waals surface area contributed by atoms with E-state index in [0.29, 0.717) is 23.2 Å². The van der Waals surface area contributed by atoms with Gasteiger partial charge in [0.05, 0.1) is 6.04 Å². The van der Waals surface area contributed by atoms with Crippen LogP contribution < -0.4 is 5.32 Å². The summed E-state index contributed by atoms with van der Waals surface area (Å²) in [6.07, 6.45) is 3.51. The maximum absolute atomic E-state index is 12.8. The highest BCUT2D eigenvalue weighted by Crippen LogP contribution is 2.48. The Bertz CT molecular complexity index is 364. The highest BCUT2D eigenvalue weighted by Gasteiger charge is 2.41. The second-order valence-electron chi connectivity index (χ2n) is 9.68. The topological polar surface area (TPSA) is 29.1 Å². The molecule has 1 N–H and O–H groups in total. The van der Waals surface area contributed by atoms with Crippen molar-refractivity contribution in [2.24, 2.45) is 28.6 Å². The molecule has 2 heteroatoms. The van der Waals surface area contributed by atoms with E-state index in [1.165, 1.54) is 12.8 Å². The van der Waals surface area contributed by atoms with Gasteiger partial charge in [-0.3, -0.25) is 4.79 Å². The third-order valence-electron chi connectivity index (χ3n) is 6.07. The summed E-state index contributed by atoms with van der Waals surface area (Å²) in [5.41, 5.74) is 0.156. The Morgan fingerprint density at radius 3 is 1.95 bits per heavy atom. The molecular weight excluding hydrogens is 270 g/mol. The lowest BCUT2D eigenvalue weighted by molar-refractivity contribution is -0.129. The maximum Gasteiger partial charge on any atom is 0.155 e. The SMILES string of the molecule is CC(C)NC(CC1CC(C)C(C)(C)C(C)C1)C(=O)C(C)(C)C. The van der Waals surface area contributed by atoms with E-state index in [2.05, 4.69) is 46.9 Å². The number of Topliss-reactive ketones (excluding diaryl/α,β-unsaturated/α-hetero) is 1. The van der Waals surface area contributed by atoms with Gasteiger partial charge in [-0.25, -0.2) is 0 Å². The predicted octanol–water partition coefficient (Wildman–Crippen LogP) is 5.07. The first-order valence-electron chi connectivity index (χ1n) is 9.16. The molecular formula is C20H39NO. The van der Waals surface area contributed by atoms with Crippen LogP contribution in [0.15, 0.2) is 0 Å². The van der Waals surface area contributed by atoms with Gasteiger partial charge in [0.15, 0.2) is 5.78 Å². The van der Waals surface area contributed by atoms with Gasteiger partial charge >= 0.3 is 0 Å². The minimum Gasteiger partial charge on any atom is -0.305 e. The van der Waals surface area contributed by atoms with Gasteiger partial charge in [0, 0.05) is 11.5 Å². The minimum atomic E-state index is -0.266. The van der Waals surface area contributed by atoms with E-state index in [-0.39, 0.29) is 11.5 Å². The second-order valence-corrected chi connectivity index (χ2v) is 9.68. The molecule has 3 unspecified atom stereocenters. The number of nitrogens with one attached hydrogen (secondary N) is 1. The van der Waals surface area contributed by atoms with Crippen molar-refractivity contribution in [2.75, 3.05) is 0 Å². The number of carbonyl (C=O) groups is 1. The summed E-state index contributed by atoms with van der Waals surface area (Å²) in [7, 11) is 0. The van der Waals surface area contributed by atoms with Crippen molar-refractivity contribution in [3.63, 3.8) is 0 Å². The van der Waals surface area contributed by atoms with Crippen LogP contribution in [0.5, 0.6) is 0 Å². The fourth-order valence-corrected chi connectivity index (χ4v) is 3.89. The van der Waals surface area contributed by atoms with Crippen molar-refractivity contribution in [1.82, 2.24) is 5.32 Å². The molecule has 0 bridgehead atoms. The van der Waals surface area contributed by atoms with E-state index in [4.69, 9.17) is 0 Å². The Kier molecular flexibility index (Phi) is 6.29. The summed E-state index contributed by atoms with van der Waals surface area (Å²) in [6, 6.07) is 0.358. The van der Waals surface area contributed by atoms with E-state index in [1.54, 1.807) is 0 Å². The molecule has 0 aliphatic heterocycles. The quantitative estimate of drug-likeness (QED) is 0.768. The molecule has 130 valence electrons. The molecule has 1 saturated carbocycles. The molecule has 22 heavy (non-hydrogen) atoms. The van der Waals surface area contributed by atoms with Gasteiger partial charge in [-0.15, -0.1) is 0 Å². The first kappa shape index (κ1) is 19.7. The van der Waals surface area contributed by atoms with Crippen LogP contribution in [-0.4, -0.2) is 17.9 Å². The number of rotatable bonds is 5. The Balaban J connectivity index is 2.81. The van der Waals surface area contributed by atoms with Crippen LogP contribution in [0.25, 0.3) is 0 Å². The zero-order valence-electron chi connectivity index (χ0n) is 16.4. The van der Waals surface area contributed by atoms with Crippen LogP contribution in [0.3, 0.4) is 0 Å². The molecule has 0 aromatic heterocycles.